The Bertz CT molecular complexity index is 1070. The van der Waals surface area contributed by atoms with Crippen LogP contribution in [0.25, 0.3) is 21.9 Å². The Hall–Kier alpha value is -2.82. The fourth-order valence-corrected chi connectivity index (χ4v) is 4.49. The number of anilines is 1. The van der Waals surface area contributed by atoms with Crippen molar-refractivity contribution in [1.82, 2.24) is 0 Å². The summed E-state index contributed by atoms with van der Waals surface area (Å²) in [5.41, 5.74) is 1.86. The predicted molar refractivity (Wildman–Crippen MR) is 114 cm³/mol. The number of fused-ring (bicyclic) bond motifs is 3. The van der Waals surface area contributed by atoms with E-state index in [9.17, 15) is 14.7 Å². The molecule has 29 heavy (non-hydrogen) atoms. The maximum absolute atomic E-state index is 13.4. The molecule has 3 aromatic rings. The van der Waals surface area contributed by atoms with E-state index in [4.69, 9.17) is 4.42 Å². The summed E-state index contributed by atoms with van der Waals surface area (Å²) in [7, 11) is 0. The number of benzene rings is 2. The SMILES string of the molecule is CC(C)N(c1cc2oc3ccccc3c2cc1C(=O)O)C(=O)[C@H]1CC[C@H](C)CC1. The molecule has 0 atom stereocenters. The van der Waals surface area contributed by atoms with Gasteiger partial charge in [-0.2, -0.15) is 0 Å². The van der Waals surface area contributed by atoms with Gasteiger partial charge in [0.2, 0.25) is 5.91 Å². The summed E-state index contributed by atoms with van der Waals surface area (Å²) in [6.45, 7) is 6.08. The van der Waals surface area contributed by atoms with Crippen molar-refractivity contribution in [3.05, 3.63) is 42.0 Å². The molecule has 1 aliphatic rings. The van der Waals surface area contributed by atoms with E-state index in [1.54, 1.807) is 17.0 Å². The normalized spacial score (nSPS) is 19.7. The van der Waals surface area contributed by atoms with Crippen LogP contribution in [0.2, 0.25) is 0 Å². The maximum Gasteiger partial charge on any atom is 0.337 e. The minimum Gasteiger partial charge on any atom is -0.478 e. The number of para-hydroxylation sites is 1. The molecule has 1 aliphatic carbocycles. The van der Waals surface area contributed by atoms with Crippen LogP contribution in [-0.2, 0) is 4.79 Å². The third-order valence-corrected chi connectivity index (χ3v) is 6.10. The van der Waals surface area contributed by atoms with E-state index in [-0.39, 0.29) is 23.4 Å². The molecule has 1 fully saturated rings. The van der Waals surface area contributed by atoms with Crippen molar-refractivity contribution in [1.29, 1.82) is 0 Å². The number of carbonyl (C=O) groups is 2. The zero-order chi connectivity index (χ0) is 20.7. The van der Waals surface area contributed by atoms with Crippen molar-refractivity contribution in [3.8, 4) is 0 Å². The van der Waals surface area contributed by atoms with E-state index in [2.05, 4.69) is 6.92 Å². The van der Waals surface area contributed by atoms with Crippen LogP contribution in [0.5, 0.6) is 0 Å². The van der Waals surface area contributed by atoms with Crippen LogP contribution in [0.1, 0.15) is 56.8 Å². The molecule has 0 aliphatic heterocycles. The fraction of sp³-hybridized carbons (Fsp3) is 0.417. The molecule has 2 aromatic carbocycles. The number of hydrogen-bond acceptors (Lipinski definition) is 3. The lowest BCUT2D eigenvalue weighted by Gasteiger charge is -2.34. The third-order valence-electron chi connectivity index (χ3n) is 6.10. The lowest BCUT2D eigenvalue weighted by molar-refractivity contribution is -0.123. The molecule has 0 spiro atoms. The molecule has 0 bridgehead atoms. The lowest BCUT2D eigenvalue weighted by atomic mass is 9.82. The third kappa shape index (κ3) is 3.50. The molecule has 1 aromatic heterocycles. The van der Waals surface area contributed by atoms with Gasteiger partial charge >= 0.3 is 5.97 Å². The average Bonchev–Trinajstić information content (AvgIpc) is 3.05. The van der Waals surface area contributed by atoms with E-state index in [1.807, 2.05) is 38.1 Å². The Balaban J connectivity index is 1.84. The van der Waals surface area contributed by atoms with Crippen LogP contribution in [0.4, 0.5) is 5.69 Å². The molecule has 0 saturated heterocycles. The van der Waals surface area contributed by atoms with Gasteiger partial charge in [0.05, 0.1) is 11.3 Å². The molecule has 1 amide bonds. The summed E-state index contributed by atoms with van der Waals surface area (Å²) >= 11 is 0. The topological polar surface area (TPSA) is 70.8 Å². The van der Waals surface area contributed by atoms with E-state index >= 15 is 0 Å². The second-order valence-electron chi connectivity index (χ2n) is 8.53. The second-order valence-corrected chi connectivity index (χ2v) is 8.53. The van der Waals surface area contributed by atoms with Crippen LogP contribution in [0.15, 0.2) is 40.8 Å². The Morgan fingerprint density at radius 1 is 1.03 bits per heavy atom. The number of furan rings is 1. The highest BCUT2D eigenvalue weighted by Crippen LogP contribution is 2.37. The quantitative estimate of drug-likeness (QED) is 0.603. The van der Waals surface area contributed by atoms with E-state index in [0.29, 0.717) is 22.8 Å². The number of aromatic carboxylic acids is 1. The first-order valence-electron chi connectivity index (χ1n) is 10.4. The number of hydrogen-bond donors (Lipinski definition) is 1. The number of carboxylic acid groups (broad SMARTS) is 1. The van der Waals surface area contributed by atoms with Gasteiger partial charge in [-0.05, 0) is 57.6 Å². The van der Waals surface area contributed by atoms with Gasteiger partial charge in [-0.1, -0.05) is 25.1 Å². The average molecular weight is 393 g/mol. The summed E-state index contributed by atoms with van der Waals surface area (Å²) in [5, 5.41) is 11.6. The van der Waals surface area contributed by atoms with Crippen LogP contribution >= 0.6 is 0 Å². The molecule has 0 unspecified atom stereocenters. The summed E-state index contributed by atoms with van der Waals surface area (Å²) in [6, 6.07) is 10.8. The monoisotopic (exact) mass is 393 g/mol. The van der Waals surface area contributed by atoms with Crippen molar-refractivity contribution in [2.45, 2.75) is 52.5 Å². The maximum atomic E-state index is 13.4. The molecule has 1 saturated carbocycles. The summed E-state index contributed by atoms with van der Waals surface area (Å²) in [6.07, 6.45) is 3.80. The first-order chi connectivity index (χ1) is 13.9. The summed E-state index contributed by atoms with van der Waals surface area (Å²) in [5.74, 6) is -0.428. The zero-order valence-electron chi connectivity index (χ0n) is 17.1. The van der Waals surface area contributed by atoms with Crippen LogP contribution in [0, 0.1) is 11.8 Å². The van der Waals surface area contributed by atoms with Crippen LogP contribution in [0.3, 0.4) is 0 Å². The standard InChI is InChI=1S/C24H27NO4/c1-14(2)25(23(26)16-10-8-15(3)9-11-16)20-13-22-18(12-19(20)24(27)28)17-6-4-5-7-21(17)29-22/h4-7,12-16H,8-11H2,1-3H3,(H,27,28)/t15-,16-. The molecule has 4 rings (SSSR count). The number of nitrogens with zero attached hydrogens (tertiary/aromatic N) is 1. The predicted octanol–water partition coefficient (Wildman–Crippen LogP) is 5.85. The van der Waals surface area contributed by atoms with Crippen LogP contribution in [-0.4, -0.2) is 23.0 Å². The highest BCUT2D eigenvalue weighted by molar-refractivity contribution is 6.12. The van der Waals surface area contributed by atoms with Crippen molar-refractivity contribution >= 4 is 39.5 Å². The van der Waals surface area contributed by atoms with Gasteiger partial charge in [0.15, 0.2) is 0 Å². The minimum absolute atomic E-state index is 0.0184. The Kier molecular flexibility index (Phi) is 5.07. The molecule has 152 valence electrons. The highest BCUT2D eigenvalue weighted by atomic mass is 16.4. The Morgan fingerprint density at radius 3 is 2.38 bits per heavy atom. The smallest absolute Gasteiger partial charge is 0.337 e. The largest absolute Gasteiger partial charge is 0.478 e. The summed E-state index contributed by atoms with van der Waals surface area (Å²) < 4.78 is 5.97. The number of rotatable bonds is 4. The molecular formula is C24H27NO4. The molecule has 0 radical (unpaired) electrons. The summed E-state index contributed by atoms with van der Waals surface area (Å²) in [4.78, 5) is 27.2. The molecule has 1 N–H and O–H groups in total. The van der Waals surface area contributed by atoms with Crippen LogP contribution < -0.4 is 4.90 Å². The van der Waals surface area contributed by atoms with E-state index in [1.165, 1.54) is 0 Å². The highest BCUT2D eigenvalue weighted by Gasteiger charge is 2.32. The fourth-order valence-electron chi connectivity index (χ4n) is 4.49. The van der Waals surface area contributed by atoms with Crippen molar-refractivity contribution < 1.29 is 19.1 Å². The van der Waals surface area contributed by atoms with Gasteiger partial charge in [0.25, 0.3) is 0 Å². The second kappa shape index (κ2) is 7.54. The van der Waals surface area contributed by atoms with Crippen molar-refractivity contribution in [2.75, 3.05) is 4.90 Å². The molecule has 5 heteroatoms. The number of amides is 1. The van der Waals surface area contributed by atoms with Gasteiger partial charge in [0, 0.05) is 28.8 Å². The lowest BCUT2D eigenvalue weighted by Crippen LogP contribution is -2.42. The Labute approximate surface area is 170 Å². The first-order valence-corrected chi connectivity index (χ1v) is 10.4. The van der Waals surface area contributed by atoms with Gasteiger partial charge < -0.3 is 14.4 Å². The van der Waals surface area contributed by atoms with Gasteiger partial charge in [-0.15, -0.1) is 0 Å². The molecule has 5 nitrogen and oxygen atoms in total. The number of carboxylic acids is 1. The zero-order valence-corrected chi connectivity index (χ0v) is 17.1. The first kappa shape index (κ1) is 19.5. The molecule has 1 heterocycles. The minimum atomic E-state index is -1.04. The van der Waals surface area contributed by atoms with E-state index < -0.39 is 5.97 Å². The van der Waals surface area contributed by atoms with Gasteiger partial charge in [-0.3, -0.25) is 4.79 Å². The van der Waals surface area contributed by atoms with E-state index in [0.717, 1.165) is 36.5 Å². The Morgan fingerprint density at radius 2 is 1.72 bits per heavy atom. The van der Waals surface area contributed by atoms with Gasteiger partial charge in [0.1, 0.15) is 11.2 Å². The van der Waals surface area contributed by atoms with Gasteiger partial charge in [-0.25, -0.2) is 4.79 Å². The van der Waals surface area contributed by atoms with Crippen molar-refractivity contribution in [3.63, 3.8) is 0 Å². The molecular weight excluding hydrogens is 366 g/mol. The van der Waals surface area contributed by atoms with Crippen molar-refractivity contribution in [2.24, 2.45) is 11.8 Å². The number of carbonyl (C=O) groups excluding carboxylic acids is 1.